The largest absolute Gasteiger partial charge is 0.371 e. The second-order valence-corrected chi connectivity index (χ2v) is 9.44. The van der Waals surface area contributed by atoms with Gasteiger partial charge in [0, 0.05) is 51.3 Å². The van der Waals surface area contributed by atoms with E-state index < -0.39 is 22.9 Å². The van der Waals surface area contributed by atoms with Crippen molar-refractivity contribution in [3.05, 3.63) is 57.2 Å². The van der Waals surface area contributed by atoms with Crippen LogP contribution in [0.4, 0.5) is 26.0 Å². The Hall–Kier alpha value is -2.89. The minimum absolute atomic E-state index is 0.111. The van der Waals surface area contributed by atoms with Gasteiger partial charge in [0.1, 0.15) is 17.1 Å². The van der Waals surface area contributed by atoms with Gasteiger partial charge < -0.3 is 20.3 Å². The minimum atomic E-state index is -2.81. The van der Waals surface area contributed by atoms with E-state index in [1.165, 1.54) is 18.2 Å². The summed E-state index contributed by atoms with van der Waals surface area (Å²) in [6.07, 6.45) is 0.835. The molecule has 0 saturated carbocycles. The lowest BCUT2D eigenvalue weighted by atomic mass is 9.93. The number of halogens is 3. The molecule has 2 N–H and O–H groups in total. The molecule has 12 heteroatoms. The van der Waals surface area contributed by atoms with E-state index in [-0.39, 0.29) is 47.7 Å². The monoisotopic (exact) mass is 523 g/mol. The van der Waals surface area contributed by atoms with Crippen molar-refractivity contribution in [3.8, 4) is 0 Å². The number of carbonyl (C=O) groups is 1. The minimum Gasteiger partial charge on any atom is -0.371 e. The van der Waals surface area contributed by atoms with Crippen LogP contribution in [0.15, 0.2) is 36.4 Å². The number of nitro groups is 1. The number of aromatic nitrogens is 1. The van der Waals surface area contributed by atoms with Crippen LogP contribution in [0.25, 0.3) is 0 Å². The van der Waals surface area contributed by atoms with E-state index in [9.17, 15) is 23.7 Å². The Bertz CT molecular complexity index is 1100. The van der Waals surface area contributed by atoms with Crippen LogP contribution in [0.2, 0.25) is 5.15 Å². The summed E-state index contributed by atoms with van der Waals surface area (Å²) in [6.45, 7) is 1.83. The SMILES string of the molecule is O=C(Nc1cccc(Cl)n1)c1ccc([N+](=O)[O-])cc1N1CCC(CCOC2CNCCC2(F)F)CC1. The van der Waals surface area contributed by atoms with Crippen molar-refractivity contribution in [1.29, 1.82) is 0 Å². The number of piperidine rings is 2. The highest BCUT2D eigenvalue weighted by Gasteiger charge is 2.42. The van der Waals surface area contributed by atoms with Crippen molar-refractivity contribution in [2.45, 2.75) is 37.7 Å². The van der Waals surface area contributed by atoms with Crippen LogP contribution < -0.4 is 15.5 Å². The van der Waals surface area contributed by atoms with Gasteiger partial charge in [0.15, 0.2) is 0 Å². The Balaban J connectivity index is 1.38. The number of non-ortho nitro benzene ring substituents is 1. The van der Waals surface area contributed by atoms with Gasteiger partial charge in [-0.2, -0.15) is 0 Å². The van der Waals surface area contributed by atoms with Gasteiger partial charge in [-0.3, -0.25) is 14.9 Å². The highest BCUT2D eigenvalue weighted by Crippen LogP contribution is 2.32. The molecule has 4 rings (SSSR count). The average Bonchev–Trinajstić information content (AvgIpc) is 2.85. The smallest absolute Gasteiger partial charge is 0.276 e. The average molecular weight is 524 g/mol. The number of rotatable bonds is 8. The number of pyridine rings is 1. The topological polar surface area (TPSA) is 110 Å². The second-order valence-electron chi connectivity index (χ2n) is 9.05. The molecular formula is C24H28ClF2N5O4. The highest BCUT2D eigenvalue weighted by molar-refractivity contribution is 6.29. The maximum atomic E-state index is 14.0. The third kappa shape index (κ3) is 6.45. The van der Waals surface area contributed by atoms with E-state index in [0.29, 0.717) is 31.7 Å². The van der Waals surface area contributed by atoms with Crippen LogP contribution in [0.1, 0.15) is 36.0 Å². The molecule has 2 aromatic rings. The van der Waals surface area contributed by atoms with Gasteiger partial charge in [0.2, 0.25) is 0 Å². The molecule has 36 heavy (non-hydrogen) atoms. The molecular weight excluding hydrogens is 496 g/mol. The third-order valence-corrected chi connectivity index (χ3v) is 6.84. The zero-order valence-corrected chi connectivity index (χ0v) is 20.3. The standard InChI is InChI=1S/C24H28ClF2N5O4/c25-21-2-1-3-22(29-21)30-23(33)18-5-4-17(32(34)35)14-19(18)31-11-6-16(7-12-31)8-13-36-20-15-28-10-9-24(20,26)27/h1-5,14,16,20,28H,6-13,15H2,(H,29,30,33). The molecule has 1 unspecified atom stereocenters. The number of hydrogen-bond acceptors (Lipinski definition) is 7. The predicted molar refractivity (Wildman–Crippen MR) is 132 cm³/mol. The number of nitrogens with one attached hydrogen (secondary N) is 2. The predicted octanol–water partition coefficient (Wildman–Crippen LogP) is 4.52. The van der Waals surface area contributed by atoms with Gasteiger partial charge in [0.25, 0.3) is 17.5 Å². The first-order chi connectivity index (χ1) is 17.2. The Kier molecular flexibility index (Phi) is 8.32. The first kappa shape index (κ1) is 26.2. The molecule has 194 valence electrons. The first-order valence-corrected chi connectivity index (χ1v) is 12.3. The van der Waals surface area contributed by atoms with Crippen molar-refractivity contribution in [2.75, 3.05) is 43.0 Å². The second kappa shape index (κ2) is 11.4. The summed E-state index contributed by atoms with van der Waals surface area (Å²) < 4.78 is 33.4. The molecule has 0 aliphatic carbocycles. The first-order valence-electron chi connectivity index (χ1n) is 11.9. The number of nitro benzene ring substituents is 1. The van der Waals surface area contributed by atoms with Gasteiger partial charge in [-0.25, -0.2) is 13.8 Å². The van der Waals surface area contributed by atoms with Gasteiger partial charge in [0.05, 0.1) is 16.2 Å². The molecule has 2 aliphatic heterocycles. The third-order valence-electron chi connectivity index (χ3n) is 6.63. The molecule has 2 saturated heterocycles. The van der Waals surface area contributed by atoms with Gasteiger partial charge in [-0.1, -0.05) is 17.7 Å². The van der Waals surface area contributed by atoms with E-state index >= 15 is 0 Å². The molecule has 1 atom stereocenters. The molecule has 9 nitrogen and oxygen atoms in total. The van der Waals surface area contributed by atoms with Crippen LogP contribution in [0.5, 0.6) is 0 Å². The number of amides is 1. The zero-order chi connectivity index (χ0) is 25.7. The molecule has 1 aromatic heterocycles. The lowest BCUT2D eigenvalue weighted by Crippen LogP contribution is -2.50. The maximum absolute atomic E-state index is 14.0. The van der Waals surface area contributed by atoms with Crippen LogP contribution >= 0.6 is 11.6 Å². The molecule has 2 fully saturated rings. The molecule has 2 aliphatic rings. The maximum Gasteiger partial charge on any atom is 0.276 e. The molecule has 0 radical (unpaired) electrons. The Morgan fingerprint density at radius 3 is 2.78 bits per heavy atom. The van der Waals surface area contributed by atoms with Crippen LogP contribution in [0, 0.1) is 16.0 Å². The van der Waals surface area contributed by atoms with E-state index in [2.05, 4.69) is 15.6 Å². The summed E-state index contributed by atoms with van der Waals surface area (Å²) in [4.78, 5) is 29.9. The molecule has 3 heterocycles. The quantitative estimate of drug-likeness (QED) is 0.297. The molecule has 1 amide bonds. The number of ether oxygens (including phenoxy) is 1. The fourth-order valence-electron chi connectivity index (χ4n) is 4.57. The van der Waals surface area contributed by atoms with Gasteiger partial charge in [-0.05, 0) is 43.4 Å². The Morgan fingerprint density at radius 2 is 2.08 bits per heavy atom. The molecule has 1 aromatic carbocycles. The highest BCUT2D eigenvalue weighted by atomic mass is 35.5. The number of nitrogens with zero attached hydrogens (tertiary/aromatic N) is 3. The molecule has 0 bridgehead atoms. The van der Waals surface area contributed by atoms with Crippen LogP contribution in [0.3, 0.4) is 0 Å². The summed E-state index contributed by atoms with van der Waals surface area (Å²) in [5.41, 5.74) is 0.641. The van der Waals surface area contributed by atoms with E-state index in [0.717, 1.165) is 12.8 Å². The van der Waals surface area contributed by atoms with Crippen molar-refractivity contribution in [3.63, 3.8) is 0 Å². The summed E-state index contributed by atoms with van der Waals surface area (Å²) in [7, 11) is 0. The summed E-state index contributed by atoms with van der Waals surface area (Å²) in [5, 5.41) is 17.2. The fourth-order valence-corrected chi connectivity index (χ4v) is 4.73. The van der Waals surface area contributed by atoms with Crippen molar-refractivity contribution in [1.82, 2.24) is 10.3 Å². The summed E-state index contributed by atoms with van der Waals surface area (Å²) in [5.74, 6) is -2.71. The van der Waals surface area contributed by atoms with Crippen LogP contribution in [-0.4, -0.2) is 60.6 Å². The number of hydrogen-bond donors (Lipinski definition) is 2. The summed E-state index contributed by atoms with van der Waals surface area (Å²) in [6, 6.07) is 8.97. The van der Waals surface area contributed by atoms with Crippen molar-refractivity contribution in [2.24, 2.45) is 5.92 Å². The van der Waals surface area contributed by atoms with Gasteiger partial charge >= 0.3 is 0 Å². The van der Waals surface area contributed by atoms with Crippen molar-refractivity contribution >= 4 is 34.7 Å². The zero-order valence-electron chi connectivity index (χ0n) is 19.6. The lowest BCUT2D eigenvalue weighted by Gasteiger charge is -2.35. The summed E-state index contributed by atoms with van der Waals surface area (Å²) >= 11 is 5.90. The normalized spacial score (nSPS) is 20.2. The number of carbonyl (C=O) groups excluding carboxylic acids is 1. The fraction of sp³-hybridized carbons (Fsp3) is 0.500. The number of benzene rings is 1. The van der Waals surface area contributed by atoms with E-state index in [4.69, 9.17) is 16.3 Å². The lowest BCUT2D eigenvalue weighted by molar-refractivity contribution is -0.384. The van der Waals surface area contributed by atoms with E-state index in [1.807, 2.05) is 4.90 Å². The van der Waals surface area contributed by atoms with Crippen LogP contribution in [-0.2, 0) is 4.74 Å². The Labute approximate surface area is 212 Å². The van der Waals surface area contributed by atoms with Crippen molar-refractivity contribution < 1.29 is 23.2 Å². The number of alkyl halides is 2. The van der Waals surface area contributed by atoms with E-state index in [1.54, 1.807) is 18.2 Å². The Morgan fingerprint density at radius 1 is 1.31 bits per heavy atom. The number of anilines is 2. The molecule has 0 spiro atoms. The van der Waals surface area contributed by atoms with Gasteiger partial charge in [-0.15, -0.1) is 0 Å².